The van der Waals surface area contributed by atoms with Crippen LogP contribution in [0.4, 0.5) is 0 Å². The molecular weight excluding hydrogens is 332 g/mol. The molecule has 0 bridgehead atoms. The van der Waals surface area contributed by atoms with E-state index in [2.05, 4.69) is 9.98 Å². The van der Waals surface area contributed by atoms with Crippen LogP contribution in [0.2, 0.25) is 0 Å². The first-order chi connectivity index (χ1) is 12.2. The van der Waals surface area contributed by atoms with E-state index >= 15 is 0 Å². The highest BCUT2D eigenvalue weighted by molar-refractivity contribution is 5.99. The van der Waals surface area contributed by atoms with Gasteiger partial charge in [-0.05, 0) is 25.0 Å². The molecule has 2 heterocycles. The number of carbonyl (C=O) groups is 2. The summed E-state index contributed by atoms with van der Waals surface area (Å²) >= 11 is 0. The Morgan fingerprint density at radius 1 is 1.38 bits per heavy atom. The highest BCUT2D eigenvalue weighted by atomic mass is 16.4. The molecular formula is C19H22N4O3. The highest BCUT2D eigenvalue weighted by Crippen LogP contribution is 2.33. The first-order valence-corrected chi connectivity index (χ1v) is 8.38. The van der Waals surface area contributed by atoms with Crippen molar-refractivity contribution in [2.45, 2.75) is 39.2 Å². The van der Waals surface area contributed by atoms with Crippen LogP contribution >= 0.6 is 0 Å². The minimum absolute atomic E-state index is 0.0878. The lowest BCUT2D eigenvalue weighted by atomic mass is 9.86. The lowest BCUT2D eigenvalue weighted by molar-refractivity contribution is -0.128. The quantitative estimate of drug-likeness (QED) is 0.847. The molecule has 2 N–H and O–H groups in total. The van der Waals surface area contributed by atoms with Gasteiger partial charge in [-0.2, -0.15) is 0 Å². The van der Waals surface area contributed by atoms with Crippen LogP contribution in [-0.4, -0.2) is 34.6 Å². The number of benzene rings is 1. The standard InChI is InChI=1S/C19H22N4O3/c1-11-17(21-12(2)26-11)15(24)9-13-6-5-7-14(8-13)19(3)10-16(25)23(4)18(20)22-19/h5-8H,9-10H2,1-4H3,(H2,20,22). The average Bonchev–Trinajstić information content (AvgIpc) is 2.91. The number of carbonyl (C=O) groups excluding carboxylic acids is 2. The predicted molar refractivity (Wildman–Crippen MR) is 96.8 cm³/mol. The number of guanidine groups is 1. The van der Waals surface area contributed by atoms with E-state index in [-0.39, 0.29) is 30.5 Å². The molecule has 1 aliphatic rings. The summed E-state index contributed by atoms with van der Waals surface area (Å²) in [6, 6.07) is 7.53. The van der Waals surface area contributed by atoms with Gasteiger partial charge in [-0.25, -0.2) is 9.98 Å². The van der Waals surface area contributed by atoms with Gasteiger partial charge in [0.1, 0.15) is 11.5 Å². The Morgan fingerprint density at radius 3 is 2.73 bits per heavy atom. The van der Waals surface area contributed by atoms with Crippen LogP contribution in [0, 0.1) is 13.8 Å². The number of aromatic nitrogens is 1. The van der Waals surface area contributed by atoms with Crippen LogP contribution in [0.15, 0.2) is 33.7 Å². The van der Waals surface area contributed by atoms with Crippen molar-refractivity contribution < 1.29 is 14.0 Å². The molecule has 1 atom stereocenters. The number of oxazole rings is 1. The summed E-state index contributed by atoms with van der Waals surface area (Å²) in [5.74, 6) is 0.994. The summed E-state index contributed by atoms with van der Waals surface area (Å²) in [6.07, 6.45) is 0.424. The smallest absolute Gasteiger partial charge is 0.231 e. The monoisotopic (exact) mass is 354 g/mol. The number of amides is 1. The number of hydrogen-bond donors (Lipinski definition) is 1. The molecule has 0 spiro atoms. The summed E-state index contributed by atoms with van der Waals surface area (Å²) in [4.78, 5) is 34.7. The third kappa shape index (κ3) is 3.24. The molecule has 3 rings (SSSR count). The van der Waals surface area contributed by atoms with E-state index in [4.69, 9.17) is 10.2 Å². The second-order valence-electron chi connectivity index (χ2n) is 6.81. The number of aryl methyl sites for hydroxylation is 2. The number of rotatable bonds is 4. The fourth-order valence-electron chi connectivity index (χ4n) is 3.15. The summed E-state index contributed by atoms with van der Waals surface area (Å²) in [5.41, 5.74) is 7.17. The molecule has 1 unspecified atom stereocenters. The zero-order valence-electron chi connectivity index (χ0n) is 15.4. The largest absolute Gasteiger partial charge is 0.446 e. The van der Waals surface area contributed by atoms with Crippen molar-refractivity contribution in [1.82, 2.24) is 9.88 Å². The third-order valence-corrected chi connectivity index (χ3v) is 4.66. The molecule has 0 saturated carbocycles. The first kappa shape index (κ1) is 17.8. The van der Waals surface area contributed by atoms with E-state index in [0.717, 1.165) is 11.1 Å². The van der Waals surface area contributed by atoms with Gasteiger partial charge in [0.25, 0.3) is 0 Å². The van der Waals surface area contributed by atoms with E-state index in [0.29, 0.717) is 17.3 Å². The van der Waals surface area contributed by atoms with E-state index in [1.165, 1.54) is 4.90 Å². The van der Waals surface area contributed by atoms with E-state index in [1.807, 2.05) is 31.2 Å². The van der Waals surface area contributed by atoms with Gasteiger partial charge in [0.15, 0.2) is 17.6 Å². The zero-order valence-corrected chi connectivity index (χ0v) is 15.4. The maximum absolute atomic E-state index is 12.5. The van der Waals surface area contributed by atoms with Crippen molar-refractivity contribution in [1.29, 1.82) is 0 Å². The van der Waals surface area contributed by atoms with Crippen molar-refractivity contribution in [3.63, 3.8) is 0 Å². The zero-order chi connectivity index (χ0) is 19.1. The maximum atomic E-state index is 12.5. The molecule has 1 aliphatic heterocycles. The van der Waals surface area contributed by atoms with Gasteiger partial charge in [-0.1, -0.05) is 24.3 Å². The number of Topliss-reactive ketones (excluding diaryl/α,β-unsaturated/α-hetero) is 1. The van der Waals surface area contributed by atoms with Crippen molar-refractivity contribution in [2.75, 3.05) is 7.05 Å². The maximum Gasteiger partial charge on any atom is 0.231 e. The Labute approximate surface area is 151 Å². The van der Waals surface area contributed by atoms with Crippen LogP contribution in [0.1, 0.15) is 46.6 Å². The van der Waals surface area contributed by atoms with Crippen LogP contribution in [0.25, 0.3) is 0 Å². The van der Waals surface area contributed by atoms with Gasteiger partial charge in [-0.3, -0.25) is 14.5 Å². The summed E-state index contributed by atoms with van der Waals surface area (Å²) in [6.45, 7) is 5.31. The molecule has 1 aromatic carbocycles. The van der Waals surface area contributed by atoms with Gasteiger partial charge in [-0.15, -0.1) is 0 Å². The van der Waals surface area contributed by atoms with Crippen molar-refractivity contribution in [3.8, 4) is 0 Å². The topological polar surface area (TPSA) is 102 Å². The van der Waals surface area contributed by atoms with Crippen molar-refractivity contribution in [2.24, 2.45) is 10.7 Å². The number of aliphatic imine (C=N–C) groups is 1. The number of ketones is 1. The Hall–Kier alpha value is -2.96. The fourth-order valence-corrected chi connectivity index (χ4v) is 3.15. The second-order valence-corrected chi connectivity index (χ2v) is 6.81. The molecule has 7 heteroatoms. The molecule has 26 heavy (non-hydrogen) atoms. The Kier molecular flexibility index (Phi) is 4.39. The molecule has 0 radical (unpaired) electrons. The molecule has 0 aliphatic carbocycles. The molecule has 0 fully saturated rings. The minimum Gasteiger partial charge on any atom is -0.446 e. The lowest BCUT2D eigenvalue weighted by Crippen LogP contribution is -2.47. The van der Waals surface area contributed by atoms with Crippen LogP contribution in [0.5, 0.6) is 0 Å². The molecule has 1 amide bonds. The van der Waals surface area contributed by atoms with Crippen molar-refractivity contribution in [3.05, 3.63) is 52.7 Å². The predicted octanol–water partition coefficient (Wildman–Crippen LogP) is 2.11. The van der Waals surface area contributed by atoms with Gasteiger partial charge >= 0.3 is 0 Å². The average molecular weight is 354 g/mol. The SMILES string of the molecule is Cc1nc(C(=O)Cc2cccc(C3(C)CC(=O)N(C)C(N)=N3)c2)c(C)o1. The van der Waals surface area contributed by atoms with Crippen molar-refractivity contribution >= 4 is 17.6 Å². The minimum atomic E-state index is -0.743. The Morgan fingerprint density at radius 2 is 2.12 bits per heavy atom. The molecule has 0 saturated heterocycles. The molecule has 136 valence electrons. The molecule has 1 aromatic heterocycles. The summed E-state index contributed by atoms with van der Waals surface area (Å²) in [7, 11) is 1.61. The van der Waals surface area contributed by atoms with Crippen LogP contribution < -0.4 is 5.73 Å². The van der Waals surface area contributed by atoms with Crippen LogP contribution in [-0.2, 0) is 16.8 Å². The number of hydrogen-bond acceptors (Lipinski definition) is 6. The molecule has 2 aromatic rings. The molecule has 7 nitrogen and oxygen atoms in total. The normalized spacial score (nSPS) is 20.2. The lowest BCUT2D eigenvalue weighted by Gasteiger charge is -2.33. The van der Waals surface area contributed by atoms with E-state index < -0.39 is 5.54 Å². The van der Waals surface area contributed by atoms with Gasteiger partial charge in [0.2, 0.25) is 5.91 Å². The number of nitrogens with zero attached hydrogens (tertiary/aromatic N) is 3. The van der Waals surface area contributed by atoms with Gasteiger partial charge < -0.3 is 10.2 Å². The van der Waals surface area contributed by atoms with E-state index in [1.54, 1.807) is 20.9 Å². The summed E-state index contributed by atoms with van der Waals surface area (Å²) < 4.78 is 5.34. The third-order valence-electron chi connectivity index (χ3n) is 4.66. The Balaban J connectivity index is 1.88. The fraction of sp³-hybridized carbons (Fsp3) is 0.368. The van der Waals surface area contributed by atoms with Gasteiger partial charge in [0.05, 0.1) is 12.0 Å². The Bertz CT molecular complexity index is 915. The first-order valence-electron chi connectivity index (χ1n) is 8.38. The van der Waals surface area contributed by atoms with Gasteiger partial charge in [0, 0.05) is 20.4 Å². The van der Waals surface area contributed by atoms with Crippen LogP contribution in [0.3, 0.4) is 0 Å². The second kappa shape index (κ2) is 6.40. The van der Waals surface area contributed by atoms with E-state index in [9.17, 15) is 9.59 Å². The number of nitrogens with two attached hydrogens (primary N) is 1. The highest BCUT2D eigenvalue weighted by Gasteiger charge is 2.36. The summed E-state index contributed by atoms with van der Waals surface area (Å²) in [5, 5.41) is 0.